The molecular formula is C12H11N5O3. The van der Waals surface area contributed by atoms with E-state index in [1.165, 1.54) is 10.8 Å². The Labute approximate surface area is 113 Å². The zero-order valence-electron chi connectivity index (χ0n) is 10.3. The molecule has 0 aromatic carbocycles. The number of ether oxygens (including phenoxy) is 1. The highest BCUT2D eigenvalue weighted by Crippen LogP contribution is 2.63. The molecule has 3 heterocycles. The first-order valence-electron chi connectivity index (χ1n) is 6.03. The largest absolute Gasteiger partial charge is 0.386 e. The molecule has 2 aromatic heterocycles. The molecule has 2 aromatic rings. The van der Waals surface area contributed by atoms with E-state index < -0.39 is 23.4 Å². The molecule has 20 heavy (non-hydrogen) atoms. The fraction of sp³-hybridized carbons (Fsp3) is 0.417. The molecule has 102 valence electrons. The van der Waals surface area contributed by atoms with E-state index in [9.17, 15) is 10.2 Å². The average Bonchev–Trinajstić information content (AvgIpc) is 2.84. The van der Waals surface area contributed by atoms with Gasteiger partial charge in [0.25, 0.3) is 0 Å². The van der Waals surface area contributed by atoms with E-state index in [4.69, 9.17) is 16.9 Å². The second-order valence-corrected chi connectivity index (χ2v) is 5.08. The molecule has 0 spiro atoms. The normalized spacial score (nSPS) is 38.6. The first kappa shape index (κ1) is 11.6. The van der Waals surface area contributed by atoms with Crippen molar-refractivity contribution in [3.8, 4) is 12.3 Å². The van der Waals surface area contributed by atoms with Crippen LogP contribution in [0.4, 0.5) is 5.95 Å². The van der Waals surface area contributed by atoms with Gasteiger partial charge >= 0.3 is 0 Å². The van der Waals surface area contributed by atoms with Crippen molar-refractivity contribution in [3.63, 3.8) is 0 Å². The zero-order chi connectivity index (χ0) is 14.1. The van der Waals surface area contributed by atoms with Crippen molar-refractivity contribution in [1.29, 1.82) is 0 Å². The van der Waals surface area contributed by atoms with Crippen LogP contribution in [0.2, 0.25) is 0 Å². The van der Waals surface area contributed by atoms with E-state index in [0.717, 1.165) is 0 Å². The number of aromatic nitrogens is 4. The lowest BCUT2D eigenvalue weighted by atomic mass is 10.1. The predicted molar refractivity (Wildman–Crippen MR) is 66.2 cm³/mol. The van der Waals surface area contributed by atoms with Gasteiger partial charge in [-0.25, -0.2) is 9.97 Å². The Morgan fingerprint density at radius 1 is 1.55 bits per heavy atom. The maximum Gasteiger partial charge on any atom is 0.224 e. The van der Waals surface area contributed by atoms with Gasteiger partial charge in [-0.1, -0.05) is 5.92 Å². The number of anilines is 1. The van der Waals surface area contributed by atoms with Crippen molar-refractivity contribution in [2.45, 2.75) is 29.8 Å². The highest BCUT2D eigenvalue weighted by atomic mass is 16.6. The van der Waals surface area contributed by atoms with Crippen LogP contribution in [-0.2, 0) is 4.74 Å². The molecule has 4 rings (SSSR count). The first-order valence-corrected chi connectivity index (χ1v) is 6.03. The predicted octanol–water partition coefficient (Wildman–Crippen LogP) is -1.35. The number of terminal acetylenes is 1. The molecule has 4 atom stereocenters. The van der Waals surface area contributed by atoms with Crippen LogP contribution in [0.1, 0.15) is 18.1 Å². The van der Waals surface area contributed by atoms with Gasteiger partial charge in [-0.15, -0.1) is 6.42 Å². The van der Waals surface area contributed by atoms with Crippen molar-refractivity contribution in [2.24, 2.45) is 0 Å². The molecule has 1 aliphatic heterocycles. The van der Waals surface area contributed by atoms with Crippen LogP contribution in [0, 0.1) is 12.3 Å². The van der Waals surface area contributed by atoms with Crippen LogP contribution in [-0.4, -0.2) is 47.1 Å². The highest BCUT2D eigenvalue weighted by molar-refractivity contribution is 5.53. The van der Waals surface area contributed by atoms with E-state index in [-0.39, 0.29) is 12.4 Å². The third kappa shape index (κ3) is 1.07. The standard InChI is InChI=1S/C12H11N5O3/c1-2-12-9(18)11(12,19)3-7(20-12)6-4-16-17-8(6)14-5-15-10(17)13/h1,4-5,7,9,18-19H,3H2,(H2,13,14,15)/t7-,9?,11-,12-/m1/s1. The molecule has 1 saturated heterocycles. The van der Waals surface area contributed by atoms with Crippen LogP contribution in [0.25, 0.3) is 5.65 Å². The quantitative estimate of drug-likeness (QED) is 0.549. The molecule has 0 bridgehead atoms. The molecule has 0 amide bonds. The molecule has 0 radical (unpaired) electrons. The fourth-order valence-corrected chi connectivity index (χ4v) is 2.94. The lowest BCUT2D eigenvalue weighted by molar-refractivity contribution is -0.00255. The molecule has 8 nitrogen and oxygen atoms in total. The third-order valence-corrected chi connectivity index (χ3v) is 4.14. The third-order valence-electron chi connectivity index (χ3n) is 4.14. The Bertz CT molecular complexity index is 768. The van der Waals surface area contributed by atoms with Crippen LogP contribution in [0.15, 0.2) is 12.5 Å². The van der Waals surface area contributed by atoms with E-state index >= 15 is 0 Å². The van der Waals surface area contributed by atoms with Crippen molar-refractivity contribution in [1.82, 2.24) is 19.6 Å². The van der Waals surface area contributed by atoms with Gasteiger partial charge in [0.1, 0.15) is 18.0 Å². The summed E-state index contributed by atoms with van der Waals surface area (Å²) in [4.78, 5) is 7.94. The number of hydrogen-bond donors (Lipinski definition) is 3. The second-order valence-electron chi connectivity index (χ2n) is 5.08. The summed E-state index contributed by atoms with van der Waals surface area (Å²) < 4.78 is 7.07. The Balaban J connectivity index is 1.77. The minimum Gasteiger partial charge on any atom is -0.386 e. The zero-order valence-corrected chi connectivity index (χ0v) is 10.3. The van der Waals surface area contributed by atoms with E-state index in [0.29, 0.717) is 11.2 Å². The second kappa shape index (κ2) is 3.27. The smallest absolute Gasteiger partial charge is 0.224 e. The number of rotatable bonds is 1. The SMILES string of the molecule is C#C[C@]12O[C@@H](c3cnn4c(N)ncnc34)C[C@@]1(O)C2O. The summed E-state index contributed by atoms with van der Waals surface area (Å²) in [5, 5.41) is 24.1. The van der Waals surface area contributed by atoms with Gasteiger partial charge in [-0.3, -0.25) is 0 Å². The van der Waals surface area contributed by atoms with Gasteiger partial charge in [0.15, 0.2) is 11.2 Å². The molecule has 4 N–H and O–H groups in total. The summed E-state index contributed by atoms with van der Waals surface area (Å²) in [6.07, 6.45) is 6.89. The molecular weight excluding hydrogens is 262 g/mol. The van der Waals surface area contributed by atoms with Gasteiger partial charge < -0.3 is 20.7 Å². The lowest BCUT2D eigenvalue weighted by Gasteiger charge is -2.14. The van der Waals surface area contributed by atoms with Crippen LogP contribution in [0.3, 0.4) is 0 Å². The molecule has 1 aliphatic carbocycles. The minimum absolute atomic E-state index is 0.184. The average molecular weight is 273 g/mol. The van der Waals surface area contributed by atoms with Crippen LogP contribution in [0.5, 0.6) is 0 Å². The summed E-state index contributed by atoms with van der Waals surface area (Å²) in [6.45, 7) is 0. The summed E-state index contributed by atoms with van der Waals surface area (Å²) in [7, 11) is 0. The Morgan fingerprint density at radius 3 is 3.05 bits per heavy atom. The monoisotopic (exact) mass is 273 g/mol. The van der Waals surface area contributed by atoms with E-state index in [1.54, 1.807) is 6.20 Å². The van der Waals surface area contributed by atoms with Gasteiger partial charge in [0, 0.05) is 12.0 Å². The molecule has 2 aliphatic rings. The molecule has 2 fully saturated rings. The number of nitrogen functional groups attached to an aromatic ring is 1. The van der Waals surface area contributed by atoms with Gasteiger partial charge in [-0.2, -0.15) is 9.61 Å². The Kier molecular flexibility index (Phi) is 1.90. The number of fused-ring (bicyclic) bond motifs is 2. The van der Waals surface area contributed by atoms with Crippen LogP contribution >= 0.6 is 0 Å². The topological polar surface area (TPSA) is 119 Å². The number of nitrogens with two attached hydrogens (primary N) is 1. The summed E-state index contributed by atoms with van der Waals surface area (Å²) in [6, 6.07) is 0. The van der Waals surface area contributed by atoms with Crippen LogP contribution < -0.4 is 5.73 Å². The van der Waals surface area contributed by atoms with Gasteiger partial charge in [0.05, 0.1) is 12.3 Å². The summed E-state index contributed by atoms with van der Waals surface area (Å²) in [5.74, 6) is 2.55. The van der Waals surface area contributed by atoms with Crippen molar-refractivity contribution in [2.75, 3.05) is 5.73 Å². The van der Waals surface area contributed by atoms with Gasteiger partial charge in [-0.05, 0) is 0 Å². The fourth-order valence-electron chi connectivity index (χ4n) is 2.94. The van der Waals surface area contributed by atoms with E-state index in [1.807, 2.05) is 0 Å². The lowest BCUT2D eigenvalue weighted by Crippen LogP contribution is -2.18. The van der Waals surface area contributed by atoms with Gasteiger partial charge in [0.2, 0.25) is 5.95 Å². The number of hydrogen-bond acceptors (Lipinski definition) is 7. The summed E-state index contributed by atoms with van der Waals surface area (Å²) >= 11 is 0. The number of aliphatic hydroxyl groups excluding tert-OH is 1. The Hall–Kier alpha value is -2.21. The number of nitrogens with zero attached hydrogens (tertiary/aromatic N) is 4. The molecule has 1 unspecified atom stereocenters. The minimum atomic E-state index is -1.40. The highest BCUT2D eigenvalue weighted by Gasteiger charge is 2.82. The van der Waals surface area contributed by atoms with E-state index in [2.05, 4.69) is 21.0 Å². The Morgan fingerprint density at radius 2 is 2.35 bits per heavy atom. The van der Waals surface area contributed by atoms with Crippen molar-refractivity contribution < 1.29 is 14.9 Å². The van der Waals surface area contributed by atoms with Crippen molar-refractivity contribution in [3.05, 3.63) is 18.1 Å². The maximum absolute atomic E-state index is 10.3. The molecule has 1 saturated carbocycles. The summed E-state index contributed by atoms with van der Waals surface area (Å²) in [5.41, 5.74) is 4.11. The molecule has 8 heteroatoms. The maximum atomic E-state index is 10.3. The first-order chi connectivity index (χ1) is 9.53. The van der Waals surface area contributed by atoms with Crippen molar-refractivity contribution >= 4 is 11.6 Å². The number of aliphatic hydroxyl groups is 2.